The minimum absolute atomic E-state index is 0.0238. The number of rotatable bonds is 7. The number of aryl methyl sites for hydroxylation is 1. The number of carbonyl (C=O) groups is 2. The van der Waals surface area contributed by atoms with Gasteiger partial charge < -0.3 is 24.8 Å². The third-order valence-corrected chi connectivity index (χ3v) is 10.3. The standard InChI is InChI=1S/C35H31ClF3N11O4/c1-3-24-29(46-12-13-47(26-7-6-25(26)46)32(53)28-30(52)18(2)40-17-41-28)33(54)50-34(44-31(45-50)19-9-11-49-21(14-19)8-10-42-49)48(24)16-27(51)43-23-5-4-20(15-22(23)36)35(37,38)39/h4-5,8-11,14-15,17,25-26,52H,3,6-7,12-13,16H2,1-2H3,(H,43,51). The van der Waals surface area contributed by atoms with Crippen molar-refractivity contribution >= 4 is 46.1 Å². The van der Waals surface area contributed by atoms with Crippen LogP contribution in [0.3, 0.4) is 0 Å². The fourth-order valence-electron chi connectivity index (χ4n) is 7.24. The van der Waals surface area contributed by atoms with E-state index in [0.717, 1.165) is 28.2 Å². The number of nitrogens with one attached hydrogen (secondary N) is 1. The molecule has 2 atom stereocenters. The Labute approximate surface area is 308 Å². The number of piperazine rings is 1. The number of hydrogen-bond acceptors (Lipinski definition) is 10. The smallest absolute Gasteiger partial charge is 0.416 e. The number of aromatic hydroxyl groups is 1. The van der Waals surface area contributed by atoms with Crippen molar-refractivity contribution in [3.8, 4) is 17.1 Å². The van der Waals surface area contributed by atoms with Gasteiger partial charge in [0.05, 0.1) is 39.2 Å². The summed E-state index contributed by atoms with van der Waals surface area (Å²) < 4.78 is 44.2. The third kappa shape index (κ3) is 5.86. The van der Waals surface area contributed by atoms with Gasteiger partial charge in [-0.1, -0.05) is 18.5 Å². The van der Waals surface area contributed by atoms with Crippen molar-refractivity contribution < 1.29 is 27.9 Å². The molecule has 2 unspecified atom stereocenters. The zero-order valence-electron chi connectivity index (χ0n) is 28.7. The van der Waals surface area contributed by atoms with Crippen LogP contribution in [0.4, 0.5) is 24.5 Å². The normalized spacial score (nSPS) is 17.1. The molecule has 2 fully saturated rings. The average Bonchev–Trinajstić information content (AvgIpc) is 3.79. The molecule has 2 aliphatic rings. The quantitative estimate of drug-likeness (QED) is 0.238. The minimum Gasteiger partial charge on any atom is -0.504 e. The maximum Gasteiger partial charge on any atom is 0.416 e. The summed E-state index contributed by atoms with van der Waals surface area (Å²) in [5.41, 5.74) is 0.841. The van der Waals surface area contributed by atoms with Gasteiger partial charge in [0.1, 0.15) is 18.6 Å². The van der Waals surface area contributed by atoms with Crippen LogP contribution in [0, 0.1) is 6.92 Å². The van der Waals surface area contributed by atoms with Crippen LogP contribution in [0.15, 0.2) is 59.9 Å². The summed E-state index contributed by atoms with van der Waals surface area (Å²) in [6.45, 7) is 3.48. The Hall–Kier alpha value is -6.04. The summed E-state index contributed by atoms with van der Waals surface area (Å²) in [7, 11) is 0. The number of benzene rings is 1. The lowest BCUT2D eigenvalue weighted by molar-refractivity contribution is -0.137. The van der Waals surface area contributed by atoms with Gasteiger partial charge in [-0.15, -0.1) is 5.10 Å². The van der Waals surface area contributed by atoms with Gasteiger partial charge >= 0.3 is 6.18 Å². The van der Waals surface area contributed by atoms with E-state index < -0.39 is 35.7 Å². The average molecular weight is 762 g/mol. The Morgan fingerprint density at radius 2 is 1.87 bits per heavy atom. The number of carbonyl (C=O) groups excluding carboxylic acids is 2. The maximum absolute atomic E-state index is 14.6. The summed E-state index contributed by atoms with van der Waals surface area (Å²) in [5, 5.41) is 21.7. The van der Waals surface area contributed by atoms with E-state index in [1.54, 1.807) is 45.4 Å². The van der Waals surface area contributed by atoms with Crippen LogP contribution < -0.4 is 15.8 Å². The number of anilines is 2. The van der Waals surface area contributed by atoms with E-state index in [-0.39, 0.29) is 76.7 Å². The van der Waals surface area contributed by atoms with Gasteiger partial charge in [0.15, 0.2) is 17.3 Å². The highest BCUT2D eigenvalue weighted by molar-refractivity contribution is 6.33. The second-order valence-corrected chi connectivity index (χ2v) is 13.5. The molecule has 278 valence electrons. The number of amides is 2. The van der Waals surface area contributed by atoms with Crippen molar-refractivity contribution in [3.05, 3.63) is 93.1 Å². The van der Waals surface area contributed by atoms with Gasteiger partial charge in [-0.3, -0.25) is 14.4 Å². The van der Waals surface area contributed by atoms with Gasteiger partial charge in [-0.2, -0.15) is 27.8 Å². The molecule has 1 saturated carbocycles. The summed E-state index contributed by atoms with van der Waals surface area (Å²) in [6.07, 6.45) is 1.56. The summed E-state index contributed by atoms with van der Waals surface area (Å²) in [4.78, 5) is 58.2. The predicted octanol–water partition coefficient (Wildman–Crippen LogP) is 4.38. The third-order valence-electron chi connectivity index (χ3n) is 10.0. The highest BCUT2D eigenvalue weighted by Crippen LogP contribution is 2.39. The summed E-state index contributed by atoms with van der Waals surface area (Å²) >= 11 is 6.16. The molecule has 8 rings (SSSR count). The molecule has 6 heterocycles. The van der Waals surface area contributed by atoms with Crippen molar-refractivity contribution in [1.82, 2.24) is 43.6 Å². The number of pyridine rings is 1. The molecule has 19 heteroatoms. The van der Waals surface area contributed by atoms with Crippen molar-refractivity contribution in [1.29, 1.82) is 0 Å². The Morgan fingerprint density at radius 3 is 2.59 bits per heavy atom. The lowest BCUT2D eigenvalue weighted by atomic mass is 9.81. The molecular weight excluding hydrogens is 731 g/mol. The molecule has 1 aromatic carbocycles. The van der Waals surface area contributed by atoms with Gasteiger partial charge in [-0.25, -0.2) is 14.5 Å². The zero-order valence-corrected chi connectivity index (χ0v) is 29.5. The fourth-order valence-corrected chi connectivity index (χ4v) is 7.47. The molecule has 0 spiro atoms. The van der Waals surface area contributed by atoms with E-state index in [9.17, 15) is 32.7 Å². The number of hydrogen-bond donors (Lipinski definition) is 2. The number of aromatic nitrogens is 8. The fraction of sp³-hybridized carbons (Fsp3) is 0.314. The number of alkyl halides is 3. The van der Waals surface area contributed by atoms with Gasteiger partial charge in [0, 0.05) is 37.1 Å². The molecule has 2 N–H and O–H groups in total. The van der Waals surface area contributed by atoms with E-state index in [1.807, 2.05) is 17.9 Å². The minimum atomic E-state index is -4.62. The Balaban J connectivity index is 1.20. The SMILES string of the molecule is CCc1c(N2CCN(C(=O)c3ncnc(C)c3O)C3CCC32)c(=O)n2nc(-c3ccn4nccc4c3)nc2n1CC(=O)Nc1ccc(C(F)(F)F)cc1Cl. The van der Waals surface area contributed by atoms with Gasteiger partial charge in [-0.05, 0) is 62.6 Å². The van der Waals surface area contributed by atoms with Crippen molar-refractivity contribution in [2.75, 3.05) is 23.3 Å². The Kier molecular flexibility index (Phi) is 8.51. The molecule has 1 aliphatic heterocycles. The molecular formula is C35H31ClF3N11O4. The summed E-state index contributed by atoms with van der Waals surface area (Å²) in [6, 6.07) is 7.42. The highest BCUT2D eigenvalue weighted by Gasteiger charge is 2.47. The second kappa shape index (κ2) is 13.1. The monoisotopic (exact) mass is 761 g/mol. The van der Waals surface area contributed by atoms with Gasteiger partial charge in [0.25, 0.3) is 11.5 Å². The van der Waals surface area contributed by atoms with Crippen LogP contribution in [0.1, 0.15) is 47.2 Å². The largest absolute Gasteiger partial charge is 0.504 e. The number of nitrogens with zero attached hydrogens (tertiary/aromatic N) is 10. The highest BCUT2D eigenvalue weighted by atomic mass is 35.5. The second-order valence-electron chi connectivity index (χ2n) is 13.1. The van der Waals surface area contributed by atoms with E-state index >= 15 is 0 Å². The van der Waals surface area contributed by atoms with Gasteiger partial charge in [0.2, 0.25) is 11.7 Å². The first-order chi connectivity index (χ1) is 25.8. The van der Waals surface area contributed by atoms with Crippen molar-refractivity contribution in [2.45, 2.75) is 57.9 Å². The first kappa shape index (κ1) is 35.0. The predicted molar refractivity (Wildman–Crippen MR) is 190 cm³/mol. The van der Waals surface area contributed by atoms with E-state index in [1.165, 1.54) is 6.33 Å². The first-order valence-corrected chi connectivity index (χ1v) is 17.4. The molecule has 5 aromatic heterocycles. The van der Waals surface area contributed by atoms with E-state index in [0.29, 0.717) is 24.1 Å². The van der Waals surface area contributed by atoms with Crippen molar-refractivity contribution in [2.24, 2.45) is 0 Å². The van der Waals surface area contributed by atoms with Crippen LogP contribution in [0.2, 0.25) is 5.02 Å². The van der Waals surface area contributed by atoms with E-state index in [4.69, 9.17) is 16.6 Å². The van der Waals surface area contributed by atoms with Crippen molar-refractivity contribution in [3.63, 3.8) is 0 Å². The molecule has 0 radical (unpaired) electrons. The Morgan fingerprint density at radius 1 is 1.07 bits per heavy atom. The lowest BCUT2D eigenvalue weighted by Gasteiger charge is -2.54. The molecule has 15 nitrogen and oxygen atoms in total. The Bertz CT molecular complexity index is 2550. The topological polar surface area (TPSA) is 168 Å². The molecule has 1 aliphatic carbocycles. The molecule has 6 aromatic rings. The molecule has 54 heavy (non-hydrogen) atoms. The summed E-state index contributed by atoms with van der Waals surface area (Å²) in [5.74, 6) is -1.07. The van der Waals surface area contributed by atoms with Crippen LogP contribution in [-0.4, -0.2) is 85.7 Å². The van der Waals surface area contributed by atoms with Crippen LogP contribution in [0.5, 0.6) is 5.75 Å². The number of fused-ring (bicyclic) bond motifs is 3. The molecule has 0 bridgehead atoms. The van der Waals surface area contributed by atoms with Crippen LogP contribution in [-0.2, 0) is 23.9 Å². The molecule has 2 amide bonds. The van der Waals surface area contributed by atoms with Crippen LogP contribution >= 0.6 is 11.6 Å². The van der Waals surface area contributed by atoms with Crippen LogP contribution in [0.25, 0.3) is 22.7 Å². The van der Waals surface area contributed by atoms with E-state index in [2.05, 4.69) is 25.5 Å². The maximum atomic E-state index is 14.6. The molecule has 1 saturated heterocycles. The first-order valence-electron chi connectivity index (χ1n) is 17.0. The lowest BCUT2D eigenvalue weighted by Crippen LogP contribution is -2.67. The zero-order chi connectivity index (χ0) is 38.1. The number of halogens is 4.